The summed E-state index contributed by atoms with van der Waals surface area (Å²) in [4.78, 5) is 43.6. The van der Waals surface area contributed by atoms with Gasteiger partial charge in [0.05, 0.1) is 22.2 Å². The Bertz CT molecular complexity index is 2210. The van der Waals surface area contributed by atoms with Crippen LogP contribution in [0.15, 0.2) is 84.9 Å². The smallest absolute Gasteiger partial charge is 0.336 e. The van der Waals surface area contributed by atoms with E-state index in [1.54, 1.807) is 35.6 Å². The van der Waals surface area contributed by atoms with E-state index in [1.807, 2.05) is 67.6 Å². The first kappa shape index (κ1) is 34.6. The molecule has 0 saturated heterocycles. The Morgan fingerprint density at radius 1 is 0.900 bits per heavy atom. The van der Waals surface area contributed by atoms with Crippen molar-refractivity contribution in [3.05, 3.63) is 123 Å². The molecule has 4 aromatic carbocycles. The SMILES string of the molecule is CCCc1nc2c(C)cc(C(=O)N[C@@H](Cc3cc4c(C(=O)O)cccc4s3)CC(C)C)cc2n1Cc1ccc(-c2ccccc2C(=O)O)cc1. The van der Waals surface area contributed by atoms with Crippen LogP contribution in [-0.4, -0.2) is 43.7 Å². The maximum Gasteiger partial charge on any atom is 0.336 e. The number of fused-ring (bicyclic) bond motifs is 2. The third-order valence-corrected chi connectivity index (χ3v) is 10.1. The zero-order valence-corrected chi connectivity index (χ0v) is 29.5. The van der Waals surface area contributed by atoms with Crippen molar-refractivity contribution in [1.82, 2.24) is 14.9 Å². The molecule has 0 bridgehead atoms. The minimum absolute atomic E-state index is 0.134. The first-order chi connectivity index (χ1) is 24.0. The van der Waals surface area contributed by atoms with E-state index in [4.69, 9.17) is 4.98 Å². The zero-order chi connectivity index (χ0) is 35.5. The molecule has 0 aliphatic rings. The average Bonchev–Trinajstić information content (AvgIpc) is 3.65. The Morgan fingerprint density at radius 2 is 1.62 bits per heavy atom. The maximum absolute atomic E-state index is 13.9. The summed E-state index contributed by atoms with van der Waals surface area (Å²) in [5, 5.41) is 23.4. The molecule has 8 nitrogen and oxygen atoms in total. The molecule has 0 fully saturated rings. The van der Waals surface area contributed by atoms with Gasteiger partial charge in [-0.05, 0) is 84.3 Å². The van der Waals surface area contributed by atoms with E-state index in [0.29, 0.717) is 30.0 Å². The lowest BCUT2D eigenvalue weighted by atomic mass is 9.98. The number of thiophene rings is 1. The number of carbonyl (C=O) groups is 3. The number of benzene rings is 4. The minimum Gasteiger partial charge on any atom is -0.478 e. The largest absolute Gasteiger partial charge is 0.478 e. The van der Waals surface area contributed by atoms with Crippen LogP contribution in [0.5, 0.6) is 0 Å². The number of aromatic carboxylic acids is 2. The van der Waals surface area contributed by atoms with Crippen LogP contribution >= 0.6 is 11.3 Å². The molecular formula is C41H41N3O5S. The molecule has 3 N–H and O–H groups in total. The molecule has 2 heterocycles. The van der Waals surface area contributed by atoms with Crippen molar-refractivity contribution >= 4 is 50.3 Å². The first-order valence-corrected chi connectivity index (χ1v) is 17.8. The van der Waals surface area contributed by atoms with E-state index in [-0.39, 0.29) is 23.1 Å². The molecule has 0 unspecified atom stereocenters. The first-order valence-electron chi connectivity index (χ1n) is 17.0. The molecule has 1 amide bonds. The summed E-state index contributed by atoms with van der Waals surface area (Å²) in [6.45, 7) is 8.93. The molecule has 0 aliphatic heterocycles. The van der Waals surface area contributed by atoms with Gasteiger partial charge in [0.25, 0.3) is 5.91 Å². The zero-order valence-electron chi connectivity index (χ0n) is 28.7. The summed E-state index contributed by atoms with van der Waals surface area (Å²) in [5.41, 5.74) is 6.35. The van der Waals surface area contributed by atoms with Gasteiger partial charge in [-0.25, -0.2) is 14.6 Å². The highest BCUT2D eigenvalue weighted by Gasteiger charge is 2.21. The van der Waals surface area contributed by atoms with Crippen LogP contribution in [-0.2, 0) is 19.4 Å². The van der Waals surface area contributed by atoms with Crippen molar-refractivity contribution < 1.29 is 24.6 Å². The second-order valence-corrected chi connectivity index (χ2v) is 14.5. The van der Waals surface area contributed by atoms with Crippen molar-refractivity contribution in [2.45, 2.75) is 66.0 Å². The maximum atomic E-state index is 13.9. The second kappa shape index (κ2) is 14.7. The predicted octanol–water partition coefficient (Wildman–Crippen LogP) is 9.01. The van der Waals surface area contributed by atoms with Crippen LogP contribution in [0.25, 0.3) is 32.2 Å². The Morgan fingerprint density at radius 3 is 2.32 bits per heavy atom. The van der Waals surface area contributed by atoms with E-state index in [1.165, 1.54) is 0 Å². The topological polar surface area (TPSA) is 122 Å². The number of carboxylic acids is 2. The standard InChI is InChI=1S/C41H41N3O5S/c1-5-9-37-43-38-25(4)19-28(20-35(38)44(37)23-26-14-16-27(17-15-26)31-10-6-7-11-32(31)40(46)47)39(45)42-29(18-24(2)3)21-30-22-34-33(41(48)49)12-8-13-36(34)50-30/h6-8,10-17,19-20,22,24,29H,5,9,18,21,23H2,1-4H3,(H,42,45)(H,46,47)(H,48,49)/t29-/m1/s1. The lowest BCUT2D eigenvalue weighted by Gasteiger charge is -2.20. The molecule has 9 heteroatoms. The fourth-order valence-corrected chi connectivity index (χ4v) is 7.90. The van der Waals surface area contributed by atoms with Gasteiger partial charge >= 0.3 is 11.9 Å². The Balaban J connectivity index is 1.29. The van der Waals surface area contributed by atoms with Crippen LogP contribution in [0.4, 0.5) is 0 Å². The quantitative estimate of drug-likeness (QED) is 0.111. The molecule has 0 saturated carbocycles. The highest BCUT2D eigenvalue weighted by Crippen LogP contribution is 2.31. The molecule has 6 rings (SSSR count). The fourth-order valence-electron chi connectivity index (χ4n) is 6.73. The predicted molar refractivity (Wildman–Crippen MR) is 200 cm³/mol. The van der Waals surface area contributed by atoms with Gasteiger partial charge in [-0.1, -0.05) is 69.3 Å². The van der Waals surface area contributed by atoms with Crippen molar-refractivity contribution in [2.75, 3.05) is 0 Å². The molecule has 2 aromatic heterocycles. The summed E-state index contributed by atoms with van der Waals surface area (Å²) < 4.78 is 3.11. The summed E-state index contributed by atoms with van der Waals surface area (Å²) in [7, 11) is 0. The van der Waals surface area contributed by atoms with Gasteiger partial charge in [-0.3, -0.25) is 4.79 Å². The lowest BCUT2D eigenvalue weighted by molar-refractivity contribution is 0.0687. The lowest BCUT2D eigenvalue weighted by Crippen LogP contribution is -2.37. The van der Waals surface area contributed by atoms with Crippen LogP contribution in [0.2, 0.25) is 0 Å². The van der Waals surface area contributed by atoms with Crippen LogP contribution in [0.1, 0.15) is 86.5 Å². The van der Waals surface area contributed by atoms with Gasteiger partial charge in [0.1, 0.15) is 5.82 Å². The second-order valence-electron chi connectivity index (χ2n) is 13.3. The molecule has 50 heavy (non-hydrogen) atoms. The number of carboxylic acid groups (broad SMARTS) is 2. The molecule has 256 valence electrons. The number of hydrogen-bond acceptors (Lipinski definition) is 5. The highest BCUT2D eigenvalue weighted by atomic mass is 32.1. The van der Waals surface area contributed by atoms with Gasteiger partial charge in [0.15, 0.2) is 0 Å². The number of nitrogens with zero attached hydrogens (tertiary/aromatic N) is 2. The number of rotatable bonds is 13. The number of hydrogen-bond donors (Lipinski definition) is 3. The van der Waals surface area contributed by atoms with Crippen molar-refractivity contribution in [3.63, 3.8) is 0 Å². The minimum atomic E-state index is -0.959. The van der Waals surface area contributed by atoms with Crippen LogP contribution in [0.3, 0.4) is 0 Å². The number of carbonyl (C=O) groups excluding carboxylic acids is 1. The molecule has 0 radical (unpaired) electrons. The van der Waals surface area contributed by atoms with E-state index >= 15 is 0 Å². The third kappa shape index (κ3) is 7.33. The van der Waals surface area contributed by atoms with E-state index < -0.39 is 11.9 Å². The molecule has 0 spiro atoms. The molecule has 6 aromatic rings. The number of nitrogens with one attached hydrogen (secondary N) is 1. The van der Waals surface area contributed by atoms with Gasteiger partial charge < -0.3 is 20.1 Å². The Kier molecular flexibility index (Phi) is 10.2. The van der Waals surface area contributed by atoms with E-state index in [0.717, 1.165) is 67.8 Å². The van der Waals surface area contributed by atoms with Crippen molar-refractivity contribution in [1.29, 1.82) is 0 Å². The Labute approximate surface area is 295 Å². The average molecular weight is 688 g/mol. The number of aromatic nitrogens is 2. The third-order valence-electron chi connectivity index (χ3n) is 9.00. The fraction of sp³-hybridized carbons (Fsp3) is 0.268. The summed E-state index contributed by atoms with van der Waals surface area (Å²) in [6, 6.07) is 25.9. The monoisotopic (exact) mass is 687 g/mol. The summed E-state index contributed by atoms with van der Waals surface area (Å²) in [6.07, 6.45) is 3.09. The molecule has 1 atom stereocenters. The molecular weight excluding hydrogens is 647 g/mol. The highest BCUT2D eigenvalue weighted by molar-refractivity contribution is 7.19. The van der Waals surface area contributed by atoms with Crippen molar-refractivity contribution in [3.8, 4) is 11.1 Å². The number of amides is 1. The van der Waals surface area contributed by atoms with E-state index in [9.17, 15) is 24.6 Å². The number of imidazole rings is 1. The Hall–Kier alpha value is -5.28. The summed E-state index contributed by atoms with van der Waals surface area (Å²) >= 11 is 1.57. The van der Waals surface area contributed by atoms with Gasteiger partial charge in [-0.15, -0.1) is 11.3 Å². The summed E-state index contributed by atoms with van der Waals surface area (Å²) in [5.74, 6) is -0.766. The van der Waals surface area contributed by atoms with Gasteiger partial charge in [0.2, 0.25) is 0 Å². The molecule has 0 aliphatic carbocycles. The normalized spacial score (nSPS) is 12.1. The van der Waals surface area contributed by atoms with Crippen LogP contribution < -0.4 is 5.32 Å². The number of aryl methyl sites for hydroxylation is 2. The van der Waals surface area contributed by atoms with Crippen molar-refractivity contribution in [2.24, 2.45) is 5.92 Å². The van der Waals surface area contributed by atoms with Crippen LogP contribution in [0, 0.1) is 12.8 Å². The van der Waals surface area contributed by atoms with Gasteiger partial charge in [-0.2, -0.15) is 0 Å². The van der Waals surface area contributed by atoms with Gasteiger partial charge in [0, 0.05) is 46.0 Å². The van der Waals surface area contributed by atoms with E-state index in [2.05, 4.69) is 30.7 Å².